The first kappa shape index (κ1) is 18.2. The van der Waals surface area contributed by atoms with E-state index in [-0.39, 0.29) is 30.7 Å². The Hall–Kier alpha value is -2.57. The van der Waals surface area contributed by atoms with Crippen LogP contribution >= 0.6 is 0 Å². The van der Waals surface area contributed by atoms with Gasteiger partial charge >= 0.3 is 0 Å². The molecular weight excluding hydrogens is 334 g/mol. The average Bonchev–Trinajstić information content (AvgIpc) is 2.91. The smallest absolute Gasteiger partial charge is 0.264 e. The molecule has 26 heavy (non-hydrogen) atoms. The first-order valence-corrected chi connectivity index (χ1v) is 9.07. The Balaban J connectivity index is 1.65. The van der Waals surface area contributed by atoms with Gasteiger partial charge in [0.05, 0.1) is 12.1 Å². The number of rotatable bonds is 3. The lowest BCUT2D eigenvalue weighted by Crippen LogP contribution is -2.38. The van der Waals surface area contributed by atoms with Gasteiger partial charge in [-0.3, -0.25) is 14.4 Å². The highest BCUT2D eigenvalue weighted by Crippen LogP contribution is 2.32. The van der Waals surface area contributed by atoms with E-state index in [1.807, 2.05) is 34.9 Å². The second-order valence-corrected chi connectivity index (χ2v) is 6.69. The predicted molar refractivity (Wildman–Crippen MR) is 97.1 cm³/mol. The summed E-state index contributed by atoms with van der Waals surface area (Å²) in [6.07, 6.45) is 1.57. The van der Waals surface area contributed by atoms with Crippen LogP contribution in [0.25, 0.3) is 0 Å². The molecule has 140 valence electrons. The quantitative estimate of drug-likeness (QED) is 0.809. The standard InChI is InChI=1S/C19H25N3O4/c1-3-17(23)21-7-4-8-22(10-9-21)18(24)12-14-5-6-16-15(11-14)20(2)19(25)13-26-16/h5-6,11H,3-4,7-10,12-13H2,1-2H3. The molecule has 1 fully saturated rings. The van der Waals surface area contributed by atoms with E-state index in [2.05, 4.69) is 0 Å². The van der Waals surface area contributed by atoms with Crippen LogP contribution in [0.5, 0.6) is 5.75 Å². The minimum absolute atomic E-state index is 0.0430. The Bertz CT molecular complexity index is 719. The fraction of sp³-hybridized carbons (Fsp3) is 0.526. The van der Waals surface area contributed by atoms with E-state index in [0.29, 0.717) is 44.0 Å². The minimum atomic E-state index is -0.103. The Morgan fingerprint density at radius 2 is 1.77 bits per heavy atom. The number of carbonyl (C=O) groups is 3. The van der Waals surface area contributed by atoms with Gasteiger partial charge in [-0.25, -0.2) is 0 Å². The summed E-state index contributed by atoms with van der Waals surface area (Å²) in [5.41, 5.74) is 1.55. The SMILES string of the molecule is CCC(=O)N1CCCN(C(=O)Cc2ccc3c(c2)N(C)C(=O)CO3)CC1. The molecule has 0 saturated carbocycles. The van der Waals surface area contributed by atoms with Crippen molar-refractivity contribution in [2.24, 2.45) is 0 Å². The average molecular weight is 359 g/mol. The second kappa shape index (κ2) is 7.76. The molecule has 2 heterocycles. The minimum Gasteiger partial charge on any atom is -0.482 e. The van der Waals surface area contributed by atoms with Crippen molar-refractivity contribution in [2.75, 3.05) is 44.7 Å². The highest BCUT2D eigenvalue weighted by molar-refractivity contribution is 5.97. The van der Waals surface area contributed by atoms with E-state index in [9.17, 15) is 14.4 Å². The number of likely N-dealkylation sites (N-methyl/N-ethyl adjacent to an activating group) is 1. The van der Waals surface area contributed by atoms with Crippen LogP contribution < -0.4 is 9.64 Å². The molecule has 0 atom stereocenters. The Morgan fingerprint density at radius 1 is 1.08 bits per heavy atom. The highest BCUT2D eigenvalue weighted by Gasteiger charge is 2.24. The summed E-state index contributed by atoms with van der Waals surface area (Å²) in [6.45, 7) is 4.43. The van der Waals surface area contributed by atoms with Crippen molar-refractivity contribution >= 4 is 23.4 Å². The van der Waals surface area contributed by atoms with Gasteiger partial charge in [0, 0.05) is 39.6 Å². The molecule has 0 bridgehead atoms. The van der Waals surface area contributed by atoms with Crippen molar-refractivity contribution in [3.05, 3.63) is 23.8 Å². The van der Waals surface area contributed by atoms with Crippen molar-refractivity contribution < 1.29 is 19.1 Å². The van der Waals surface area contributed by atoms with Gasteiger partial charge in [0.15, 0.2) is 6.61 Å². The predicted octanol–water partition coefficient (Wildman–Crippen LogP) is 1.06. The van der Waals surface area contributed by atoms with Crippen molar-refractivity contribution in [2.45, 2.75) is 26.2 Å². The molecule has 3 rings (SSSR count). The molecule has 7 heteroatoms. The van der Waals surface area contributed by atoms with Gasteiger partial charge in [0.25, 0.3) is 5.91 Å². The van der Waals surface area contributed by atoms with E-state index >= 15 is 0 Å². The molecule has 2 aliphatic rings. The molecule has 0 N–H and O–H groups in total. The van der Waals surface area contributed by atoms with Crippen molar-refractivity contribution in [3.8, 4) is 5.75 Å². The Kier molecular flexibility index (Phi) is 5.44. The maximum atomic E-state index is 12.7. The lowest BCUT2D eigenvalue weighted by atomic mass is 10.1. The Morgan fingerprint density at radius 3 is 2.46 bits per heavy atom. The summed E-state index contributed by atoms with van der Waals surface area (Å²) in [6, 6.07) is 5.52. The number of benzene rings is 1. The maximum Gasteiger partial charge on any atom is 0.264 e. The number of nitrogens with zero attached hydrogens (tertiary/aromatic N) is 3. The normalized spacial score (nSPS) is 17.5. The zero-order chi connectivity index (χ0) is 18.7. The number of carbonyl (C=O) groups excluding carboxylic acids is 3. The molecule has 1 aromatic rings. The fourth-order valence-corrected chi connectivity index (χ4v) is 3.35. The molecule has 0 spiro atoms. The second-order valence-electron chi connectivity index (χ2n) is 6.69. The van der Waals surface area contributed by atoms with E-state index in [4.69, 9.17) is 4.74 Å². The third-order valence-corrected chi connectivity index (χ3v) is 4.97. The molecule has 0 unspecified atom stereocenters. The van der Waals surface area contributed by atoms with Gasteiger partial charge in [-0.2, -0.15) is 0 Å². The summed E-state index contributed by atoms with van der Waals surface area (Å²) in [4.78, 5) is 41.6. The van der Waals surface area contributed by atoms with E-state index < -0.39 is 0 Å². The lowest BCUT2D eigenvalue weighted by molar-refractivity contribution is -0.133. The molecule has 0 radical (unpaired) electrons. The molecule has 3 amide bonds. The largest absolute Gasteiger partial charge is 0.482 e. The zero-order valence-electron chi connectivity index (χ0n) is 15.4. The van der Waals surface area contributed by atoms with Crippen LogP contribution in [0.1, 0.15) is 25.3 Å². The van der Waals surface area contributed by atoms with Gasteiger partial charge < -0.3 is 19.4 Å². The molecule has 7 nitrogen and oxygen atoms in total. The first-order valence-electron chi connectivity index (χ1n) is 9.07. The summed E-state index contributed by atoms with van der Waals surface area (Å²) in [5, 5.41) is 0. The Labute approximate surface area is 153 Å². The van der Waals surface area contributed by atoms with Crippen molar-refractivity contribution in [1.82, 2.24) is 9.80 Å². The van der Waals surface area contributed by atoms with Gasteiger partial charge in [-0.1, -0.05) is 13.0 Å². The van der Waals surface area contributed by atoms with E-state index in [0.717, 1.165) is 12.0 Å². The van der Waals surface area contributed by atoms with Crippen molar-refractivity contribution in [3.63, 3.8) is 0 Å². The third kappa shape index (κ3) is 3.81. The number of amides is 3. The summed E-state index contributed by atoms with van der Waals surface area (Å²) >= 11 is 0. The molecule has 2 aliphatic heterocycles. The van der Waals surface area contributed by atoms with E-state index in [1.165, 1.54) is 0 Å². The number of ether oxygens (including phenoxy) is 1. The number of anilines is 1. The molecular formula is C19H25N3O4. The van der Waals surface area contributed by atoms with Gasteiger partial charge in [0.2, 0.25) is 11.8 Å². The van der Waals surface area contributed by atoms with Crippen LogP contribution in [0.4, 0.5) is 5.69 Å². The number of fused-ring (bicyclic) bond motifs is 1. The number of hydrogen-bond donors (Lipinski definition) is 0. The molecule has 0 aromatic heterocycles. The van der Waals surface area contributed by atoms with Crippen LogP contribution in [0.15, 0.2) is 18.2 Å². The van der Waals surface area contributed by atoms with Gasteiger partial charge in [-0.15, -0.1) is 0 Å². The topological polar surface area (TPSA) is 70.2 Å². The van der Waals surface area contributed by atoms with Crippen LogP contribution in [0, 0.1) is 0 Å². The van der Waals surface area contributed by atoms with Crippen LogP contribution in [0.3, 0.4) is 0 Å². The first-order chi connectivity index (χ1) is 12.5. The summed E-state index contributed by atoms with van der Waals surface area (Å²) in [5.74, 6) is 0.740. The molecule has 1 aromatic carbocycles. The lowest BCUT2D eigenvalue weighted by Gasteiger charge is -2.26. The third-order valence-electron chi connectivity index (χ3n) is 4.97. The van der Waals surface area contributed by atoms with Gasteiger partial charge in [-0.05, 0) is 24.1 Å². The van der Waals surface area contributed by atoms with Gasteiger partial charge in [0.1, 0.15) is 5.75 Å². The zero-order valence-corrected chi connectivity index (χ0v) is 15.4. The van der Waals surface area contributed by atoms with Crippen LogP contribution in [-0.4, -0.2) is 67.4 Å². The van der Waals surface area contributed by atoms with Crippen molar-refractivity contribution in [1.29, 1.82) is 0 Å². The summed E-state index contributed by atoms with van der Waals surface area (Å²) < 4.78 is 5.42. The van der Waals surface area contributed by atoms with Crippen LogP contribution in [-0.2, 0) is 20.8 Å². The molecule has 0 aliphatic carbocycles. The fourth-order valence-electron chi connectivity index (χ4n) is 3.35. The molecule has 1 saturated heterocycles. The summed E-state index contributed by atoms with van der Waals surface area (Å²) in [7, 11) is 1.71. The van der Waals surface area contributed by atoms with Crippen LogP contribution in [0.2, 0.25) is 0 Å². The maximum absolute atomic E-state index is 12.7. The monoisotopic (exact) mass is 359 g/mol. The number of hydrogen-bond acceptors (Lipinski definition) is 4. The highest BCUT2D eigenvalue weighted by atomic mass is 16.5. The van der Waals surface area contributed by atoms with E-state index in [1.54, 1.807) is 11.9 Å².